The highest BCUT2D eigenvalue weighted by atomic mass is 16.2. The summed E-state index contributed by atoms with van der Waals surface area (Å²) in [5.41, 5.74) is 4.60. The van der Waals surface area contributed by atoms with Crippen LogP contribution in [0.5, 0.6) is 0 Å². The van der Waals surface area contributed by atoms with Gasteiger partial charge in [0.2, 0.25) is 11.8 Å². The van der Waals surface area contributed by atoms with Crippen LogP contribution in [0.4, 0.5) is 5.69 Å². The van der Waals surface area contributed by atoms with E-state index in [1.54, 1.807) is 4.90 Å². The first-order chi connectivity index (χ1) is 12.7. The number of fused-ring (bicyclic) bond motifs is 2. The molecule has 0 fully saturated rings. The Morgan fingerprint density at radius 2 is 1.77 bits per heavy atom. The SMILES string of the molecule is O=C(NCC(=O)N1CCCc2ccccc21)[C@@H]1Cc2ccccc2CN1. The molecule has 0 aliphatic carbocycles. The molecule has 134 valence electrons. The van der Waals surface area contributed by atoms with Crippen molar-refractivity contribution in [3.05, 3.63) is 65.2 Å². The quantitative estimate of drug-likeness (QED) is 0.888. The molecule has 2 aromatic rings. The lowest BCUT2D eigenvalue weighted by Crippen LogP contribution is -2.50. The molecule has 4 rings (SSSR count). The smallest absolute Gasteiger partial charge is 0.246 e. The zero-order valence-electron chi connectivity index (χ0n) is 14.7. The number of nitrogens with zero attached hydrogens (tertiary/aromatic N) is 1. The van der Waals surface area contributed by atoms with Crippen molar-refractivity contribution in [1.29, 1.82) is 0 Å². The van der Waals surface area contributed by atoms with Gasteiger partial charge in [-0.3, -0.25) is 9.59 Å². The third-order valence-corrected chi connectivity index (χ3v) is 5.22. The van der Waals surface area contributed by atoms with E-state index in [9.17, 15) is 9.59 Å². The van der Waals surface area contributed by atoms with Gasteiger partial charge in [-0.25, -0.2) is 0 Å². The van der Waals surface area contributed by atoms with Crippen LogP contribution in [0.15, 0.2) is 48.5 Å². The van der Waals surface area contributed by atoms with Gasteiger partial charge in [0.25, 0.3) is 0 Å². The van der Waals surface area contributed by atoms with Crippen LogP contribution in [0.1, 0.15) is 23.1 Å². The zero-order chi connectivity index (χ0) is 17.9. The van der Waals surface area contributed by atoms with Gasteiger partial charge < -0.3 is 15.5 Å². The minimum Gasteiger partial charge on any atom is -0.346 e. The van der Waals surface area contributed by atoms with Gasteiger partial charge in [-0.2, -0.15) is 0 Å². The number of benzene rings is 2. The summed E-state index contributed by atoms with van der Waals surface area (Å²) < 4.78 is 0. The van der Waals surface area contributed by atoms with E-state index in [0.29, 0.717) is 19.5 Å². The highest BCUT2D eigenvalue weighted by Crippen LogP contribution is 2.26. The van der Waals surface area contributed by atoms with Gasteiger partial charge in [0.1, 0.15) is 0 Å². The van der Waals surface area contributed by atoms with E-state index in [4.69, 9.17) is 0 Å². The molecular weight excluding hydrogens is 326 g/mol. The molecule has 5 nitrogen and oxygen atoms in total. The number of aryl methyl sites for hydroxylation is 1. The molecule has 0 saturated heterocycles. The molecule has 0 saturated carbocycles. The molecule has 0 spiro atoms. The summed E-state index contributed by atoms with van der Waals surface area (Å²) in [4.78, 5) is 26.9. The summed E-state index contributed by atoms with van der Waals surface area (Å²) in [6, 6.07) is 15.9. The Hall–Kier alpha value is -2.66. The molecule has 2 aliphatic heterocycles. The molecule has 2 N–H and O–H groups in total. The molecule has 2 aromatic carbocycles. The van der Waals surface area contributed by atoms with Crippen molar-refractivity contribution in [3.8, 4) is 0 Å². The largest absolute Gasteiger partial charge is 0.346 e. The number of para-hydroxylation sites is 1. The molecule has 0 aromatic heterocycles. The van der Waals surface area contributed by atoms with E-state index < -0.39 is 0 Å². The summed E-state index contributed by atoms with van der Waals surface area (Å²) in [7, 11) is 0. The van der Waals surface area contributed by atoms with Crippen LogP contribution in [0, 0.1) is 0 Å². The van der Waals surface area contributed by atoms with Gasteiger partial charge >= 0.3 is 0 Å². The zero-order valence-corrected chi connectivity index (χ0v) is 14.7. The van der Waals surface area contributed by atoms with Crippen molar-refractivity contribution in [2.24, 2.45) is 0 Å². The number of nitrogens with one attached hydrogen (secondary N) is 2. The van der Waals surface area contributed by atoms with Gasteiger partial charge in [-0.05, 0) is 42.0 Å². The Balaban J connectivity index is 1.36. The first kappa shape index (κ1) is 16.8. The van der Waals surface area contributed by atoms with E-state index in [0.717, 1.165) is 18.5 Å². The Labute approximate surface area is 153 Å². The van der Waals surface area contributed by atoms with Crippen molar-refractivity contribution >= 4 is 17.5 Å². The monoisotopic (exact) mass is 349 g/mol. The van der Waals surface area contributed by atoms with Gasteiger partial charge in [-0.15, -0.1) is 0 Å². The summed E-state index contributed by atoms with van der Waals surface area (Å²) >= 11 is 0. The van der Waals surface area contributed by atoms with Crippen LogP contribution >= 0.6 is 0 Å². The third kappa shape index (κ3) is 3.35. The number of rotatable bonds is 3. The maximum absolute atomic E-state index is 12.6. The molecule has 2 heterocycles. The Bertz CT molecular complexity index is 834. The number of carbonyl (C=O) groups is 2. The lowest BCUT2D eigenvalue weighted by Gasteiger charge is -2.30. The van der Waals surface area contributed by atoms with Crippen LogP contribution in [0.25, 0.3) is 0 Å². The summed E-state index contributed by atoms with van der Waals surface area (Å²) in [5.74, 6) is -0.167. The van der Waals surface area contributed by atoms with Gasteiger partial charge in [-0.1, -0.05) is 42.5 Å². The van der Waals surface area contributed by atoms with Crippen molar-refractivity contribution < 1.29 is 9.59 Å². The fraction of sp³-hybridized carbons (Fsp3) is 0.333. The minimum atomic E-state index is -0.286. The molecule has 2 aliphatic rings. The van der Waals surface area contributed by atoms with Crippen LogP contribution in [0.3, 0.4) is 0 Å². The standard InChI is InChI=1S/C21H23N3O2/c25-20(24-11-5-9-15-6-3-4-10-19(15)24)14-23-21(26)18-12-16-7-1-2-8-17(16)13-22-18/h1-4,6-8,10,18,22H,5,9,11-14H2,(H,23,26)/t18-/m0/s1. The maximum Gasteiger partial charge on any atom is 0.246 e. The highest BCUT2D eigenvalue weighted by Gasteiger charge is 2.26. The minimum absolute atomic E-state index is 0.0347. The summed E-state index contributed by atoms with van der Waals surface area (Å²) in [6.45, 7) is 1.43. The molecule has 2 amide bonds. The number of amides is 2. The topological polar surface area (TPSA) is 61.4 Å². The first-order valence-corrected chi connectivity index (χ1v) is 9.18. The van der Waals surface area contributed by atoms with E-state index in [1.165, 1.54) is 16.7 Å². The highest BCUT2D eigenvalue weighted by molar-refractivity contribution is 5.98. The lowest BCUT2D eigenvalue weighted by atomic mass is 9.95. The third-order valence-electron chi connectivity index (χ3n) is 5.22. The predicted octanol–water partition coefficient (Wildman–Crippen LogP) is 1.80. The second-order valence-corrected chi connectivity index (χ2v) is 6.90. The van der Waals surface area contributed by atoms with Crippen molar-refractivity contribution in [1.82, 2.24) is 10.6 Å². The molecule has 0 bridgehead atoms. The first-order valence-electron chi connectivity index (χ1n) is 9.18. The average Bonchev–Trinajstić information content (AvgIpc) is 2.71. The molecule has 26 heavy (non-hydrogen) atoms. The second kappa shape index (κ2) is 7.30. The number of hydrogen-bond acceptors (Lipinski definition) is 3. The fourth-order valence-electron chi connectivity index (χ4n) is 3.81. The molecule has 0 radical (unpaired) electrons. The molecule has 1 atom stereocenters. The predicted molar refractivity (Wildman–Crippen MR) is 101 cm³/mol. The second-order valence-electron chi connectivity index (χ2n) is 6.90. The fourth-order valence-corrected chi connectivity index (χ4v) is 3.81. The van der Waals surface area contributed by atoms with Crippen molar-refractivity contribution in [2.75, 3.05) is 18.0 Å². The maximum atomic E-state index is 12.6. The number of carbonyl (C=O) groups excluding carboxylic acids is 2. The van der Waals surface area contributed by atoms with Crippen LogP contribution < -0.4 is 15.5 Å². The Morgan fingerprint density at radius 3 is 2.62 bits per heavy atom. The normalized spacial score (nSPS) is 18.6. The molecule has 0 unspecified atom stereocenters. The van der Waals surface area contributed by atoms with E-state index in [2.05, 4.69) is 28.8 Å². The van der Waals surface area contributed by atoms with Crippen LogP contribution in [-0.2, 0) is 29.0 Å². The number of anilines is 1. The van der Waals surface area contributed by atoms with Crippen LogP contribution in [0.2, 0.25) is 0 Å². The Morgan fingerprint density at radius 1 is 1.04 bits per heavy atom. The van der Waals surface area contributed by atoms with Gasteiger partial charge in [0, 0.05) is 18.8 Å². The summed E-state index contributed by atoms with van der Waals surface area (Å²) in [6.07, 6.45) is 2.61. The van der Waals surface area contributed by atoms with Crippen molar-refractivity contribution in [3.63, 3.8) is 0 Å². The molecule has 5 heteroatoms. The van der Waals surface area contributed by atoms with E-state index in [1.807, 2.05) is 30.3 Å². The van der Waals surface area contributed by atoms with E-state index in [-0.39, 0.29) is 24.4 Å². The van der Waals surface area contributed by atoms with Crippen LogP contribution in [-0.4, -0.2) is 30.9 Å². The Kier molecular flexibility index (Phi) is 4.71. The van der Waals surface area contributed by atoms with Gasteiger partial charge in [0.05, 0.1) is 12.6 Å². The molecular formula is C21H23N3O2. The number of hydrogen-bond donors (Lipinski definition) is 2. The van der Waals surface area contributed by atoms with Gasteiger partial charge in [0.15, 0.2) is 0 Å². The van der Waals surface area contributed by atoms with E-state index >= 15 is 0 Å². The lowest BCUT2D eigenvalue weighted by molar-refractivity contribution is -0.126. The average molecular weight is 349 g/mol. The summed E-state index contributed by atoms with van der Waals surface area (Å²) in [5, 5.41) is 6.08. The van der Waals surface area contributed by atoms with Crippen molar-refractivity contribution in [2.45, 2.75) is 31.8 Å².